The fraction of sp³-hybridized carbons (Fsp3) is 0.394. The summed E-state index contributed by atoms with van der Waals surface area (Å²) in [6, 6.07) is 19.7. The lowest BCUT2D eigenvalue weighted by atomic mass is 9.84. The summed E-state index contributed by atoms with van der Waals surface area (Å²) in [6.45, 7) is 4.35. The van der Waals surface area contributed by atoms with Crippen molar-refractivity contribution in [3.8, 4) is 0 Å². The molecule has 6 nitrogen and oxygen atoms in total. The molecule has 3 atom stereocenters. The minimum Gasteiger partial charge on any atom is -0.338 e. The van der Waals surface area contributed by atoms with Crippen molar-refractivity contribution in [2.75, 3.05) is 39.3 Å². The average Bonchev–Trinajstić information content (AvgIpc) is 3.04. The lowest BCUT2D eigenvalue weighted by Gasteiger charge is -2.47. The van der Waals surface area contributed by atoms with Crippen LogP contribution in [0.25, 0.3) is 0 Å². The van der Waals surface area contributed by atoms with Gasteiger partial charge < -0.3 is 15.1 Å². The number of piperazine rings is 1. The summed E-state index contributed by atoms with van der Waals surface area (Å²) < 4.78 is 80.8. The highest BCUT2D eigenvalue weighted by Gasteiger charge is 2.40. The van der Waals surface area contributed by atoms with Gasteiger partial charge in [0.15, 0.2) is 0 Å². The lowest BCUT2D eigenvalue weighted by molar-refractivity contribution is -0.143. The molecule has 3 aromatic carbocycles. The Balaban J connectivity index is 1.30. The molecule has 0 aromatic heterocycles. The minimum atomic E-state index is -5.05. The standard InChI is InChI=1S/C33H34F6N4O2/c1-22(23-8-4-2-5-9-23)40-31(45)42-16-14-41(15-17-42)29-12-13-43(21-28(29)24-10-6-3-7-11-24)30(44)25-18-26(32(34,35)36)20-27(19-25)33(37,38)39/h2-11,18-20,22,28-29H,12-17,21H2,1H3,(H,40,45). The topological polar surface area (TPSA) is 55.9 Å². The van der Waals surface area contributed by atoms with E-state index >= 15 is 0 Å². The highest BCUT2D eigenvalue weighted by Crippen LogP contribution is 2.38. The number of benzene rings is 3. The van der Waals surface area contributed by atoms with Crippen molar-refractivity contribution in [2.45, 2.75) is 43.7 Å². The van der Waals surface area contributed by atoms with Gasteiger partial charge in [-0.25, -0.2) is 4.79 Å². The SMILES string of the molecule is CC(NC(=O)N1CCN(C2CCN(C(=O)c3cc(C(F)(F)F)cc(C(F)(F)F)c3)CC2c2ccccc2)CC1)c1ccccc1. The number of piperidine rings is 1. The summed E-state index contributed by atoms with van der Waals surface area (Å²) in [5.41, 5.74) is -1.77. The van der Waals surface area contributed by atoms with Crippen LogP contribution < -0.4 is 5.32 Å². The minimum absolute atomic E-state index is 0.0258. The van der Waals surface area contributed by atoms with E-state index in [4.69, 9.17) is 0 Å². The van der Waals surface area contributed by atoms with Crippen LogP contribution in [0.4, 0.5) is 31.1 Å². The number of alkyl halides is 6. The third-order valence-electron chi connectivity index (χ3n) is 8.64. The van der Waals surface area contributed by atoms with Crippen molar-refractivity contribution >= 4 is 11.9 Å². The van der Waals surface area contributed by atoms with Gasteiger partial charge in [-0.3, -0.25) is 9.69 Å². The number of carbonyl (C=O) groups is 2. The van der Waals surface area contributed by atoms with Gasteiger partial charge in [0.1, 0.15) is 0 Å². The molecule has 2 aliphatic heterocycles. The van der Waals surface area contributed by atoms with Crippen molar-refractivity contribution in [2.24, 2.45) is 0 Å². The van der Waals surface area contributed by atoms with Gasteiger partial charge in [-0.1, -0.05) is 60.7 Å². The molecule has 5 rings (SSSR count). The van der Waals surface area contributed by atoms with Crippen LogP contribution in [0.1, 0.15) is 57.9 Å². The summed E-state index contributed by atoms with van der Waals surface area (Å²) in [5.74, 6) is -1.12. The van der Waals surface area contributed by atoms with E-state index in [0.29, 0.717) is 44.7 Å². The van der Waals surface area contributed by atoms with Gasteiger partial charge in [0.2, 0.25) is 0 Å². The zero-order valence-electron chi connectivity index (χ0n) is 24.6. The molecule has 2 aliphatic rings. The molecule has 0 radical (unpaired) electrons. The van der Waals surface area contributed by atoms with Crippen LogP contribution >= 0.6 is 0 Å². The molecular formula is C33H34F6N4O2. The van der Waals surface area contributed by atoms with Gasteiger partial charge in [0.25, 0.3) is 5.91 Å². The zero-order valence-corrected chi connectivity index (χ0v) is 24.6. The van der Waals surface area contributed by atoms with Gasteiger partial charge in [0, 0.05) is 56.8 Å². The maximum Gasteiger partial charge on any atom is 0.416 e. The molecule has 45 heavy (non-hydrogen) atoms. The number of rotatable bonds is 5. The van der Waals surface area contributed by atoms with E-state index < -0.39 is 35.0 Å². The molecule has 0 bridgehead atoms. The second kappa shape index (κ2) is 13.1. The Morgan fingerprint density at radius 2 is 1.31 bits per heavy atom. The Morgan fingerprint density at radius 3 is 1.87 bits per heavy atom. The normalized spacial score (nSPS) is 20.5. The van der Waals surface area contributed by atoms with E-state index in [-0.39, 0.29) is 43.2 Å². The monoisotopic (exact) mass is 632 g/mol. The van der Waals surface area contributed by atoms with Crippen LogP contribution in [0.3, 0.4) is 0 Å². The maximum absolute atomic E-state index is 13.5. The van der Waals surface area contributed by atoms with Crippen molar-refractivity contribution in [1.29, 1.82) is 0 Å². The maximum atomic E-state index is 13.5. The van der Waals surface area contributed by atoms with E-state index in [9.17, 15) is 35.9 Å². The third kappa shape index (κ3) is 7.61. The number of carbonyl (C=O) groups excluding carboxylic acids is 2. The molecule has 2 saturated heterocycles. The highest BCUT2D eigenvalue weighted by atomic mass is 19.4. The summed E-state index contributed by atoms with van der Waals surface area (Å²) in [6.07, 6.45) is -9.63. The van der Waals surface area contributed by atoms with Crippen LogP contribution in [-0.2, 0) is 12.4 Å². The first-order valence-electron chi connectivity index (χ1n) is 14.8. The molecule has 2 heterocycles. The van der Waals surface area contributed by atoms with Crippen LogP contribution in [0, 0.1) is 0 Å². The Kier molecular flexibility index (Phi) is 9.43. The third-order valence-corrected chi connectivity index (χ3v) is 8.64. The molecule has 3 aromatic rings. The Hall–Kier alpha value is -4.06. The van der Waals surface area contributed by atoms with E-state index in [1.165, 1.54) is 4.90 Å². The van der Waals surface area contributed by atoms with Gasteiger partial charge in [-0.05, 0) is 42.7 Å². The first-order chi connectivity index (χ1) is 21.3. The Labute approximate surface area is 257 Å². The zero-order chi connectivity index (χ0) is 32.4. The molecule has 12 heteroatoms. The average molecular weight is 633 g/mol. The Bertz CT molecular complexity index is 1440. The molecule has 0 aliphatic carbocycles. The van der Waals surface area contributed by atoms with Crippen molar-refractivity contribution in [3.63, 3.8) is 0 Å². The molecule has 0 spiro atoms. The van der Waals surface area contributed by atoms with Gasteiger partial charge >= 0.3 is 18.4 Å². The smallest absolute Gasteiger partial charge is 0.338 e. The number of halogens is 6. The predicted molar refractivity (Wildman–Crippen MR) is 156 cm³/mol. The van der Waals surface area contributed by atoms with E-state index in [1.54, 1.807) is 4.90 Å². The Morgan fingerprint density at radius 1 is 0.756 bits per heavy atom. The quantitative estimate of drug-likeness (QED) is 0.315. The van der Waals surface area contributed by atoms with E-state index in [0.717, 1.165) is 11.1 Å². The summed E-state index contributed by atoms with van der Waals surface area (Å²) in [4.78, 5) is 31.8. The molecule has 3 amide bonds. The second-order valence-electron chi connectivity index (χ2n) is 11.5. The van der Waals surface area contributed by atoms with Crippen LogP contribution in [0.5, 0.6) is 0 Å². The first-order valence-corrected chi connectivity index (χ1v) is 14.8. The number of nitrogens with one attached hydrogen (secondary N) is 1. The van der Waals surface area contributed by atoms with Crippen molar-refractivity contribution < 1.29 is 35.9 Å². The molecule has 3 unspecified atom stereocenters. The number of hydrogen-bond donors (Lipinski definition) is 1. The molecule has 0 saturated carbocycles. The molecule has 1 N–H and O–H groups in total. The number of hydrogen-bond acceptors (Lipinski definition) is 3. The molecule has 240 valence electrons. The van der Waals surface area contributed by atoms with Crippen LogP contribution in [0.15, 0.2) is 78.9 Å². The number of likely N-dealkylation sites (tertiary alicyclic amines) is 1. The largest absolute Gasteiger partial charge is 0.416 e. The molecule has 2 fully saturated rings. The van der Waals surface area contributed by atoms with Gasteiger partial charge in [-0.15, -0.1) is 0 Å². The fourth-order valence-electron chi connectivity index (χ4n) is 6.21. The number of amides is 3. The summed E-state index contributed by atoms with van der Waals surface area (Å²) >= 11 is 0. The van der Waals surface area contributed by atoms with E-state index in [2.05, 4.69) is 10.2 Å². The van der Waals surface area contributed by atoms with E-state index in [1.807, 2.05) is 67.6 Å². The summed E-state index contributed by atoms with van der Waals surface area (Å²) in [7, 11) is 0. The highest BCUT2D eigenvalue weighted by molar-refractivity contribution is 5.95. The van der Waals surface area contributed by atoms with Gasteiger partial charge in [0.05, 0.1) is 17.2 Å². The van der Waals surface area contributed by atoms with Crippen LogP contribution in [-0.4, -0.2) is 71.9 Å². The van der Waals surface area contributed by atoms with Gasteiger partial charge in [-0.2, -0.15) is 26.3 Å². The van der Waals surface area contributed by atoms with Crippen molar-refractivity contribution in [1.82, 2.24) is 20.0 Å². The fourth-order valence-corrected chi connectivity index (χ4v) is 6.21. The second-order valence-corrected chi connectivity index (χ2v) is 11.5. The van der Waals surface area contributed by atoms with Crippen molar-refractivity contribution in [3.05, 3.63) is 107 Å². The molecular weight excluding hydrogens is 598 g/mol. The van der Waals surface area contributed by atoms with Crippen LogP contribution in [0.2, 0.25) is 0 Å². The first kappa shape index (κ1) is 32.3. The summed E-state index contributed by atoms with van der Waals surface area (Å²) in [5, 5.41) is 3.04. The predicted octanol–water partition coefficient (Wildman–Crippen LogP) is 6.81. The number of urea groups is 1. The lowest BCUT2D eigenvalue weighted by Crippen LogP contribution is -2.58. The number of nitrogens with zero attached hydrogens (tertiary/aromatic N) is 3.